The summed E-state index contributed by atoms with van der Waals surface area (Å²) in [7, 11) is 1.78. The summed E-state index contributed by atoms with van der Waals surface area (Å²) in [4.78, 5) is 1.80. The zero-order valence-corrected chi connectivity index (χ0v) is 9.98. The van der Waals surface area contributed by atoms with E-state index in [1.165, 1.54) is 0 Å². The Bertz CT molecular complexity index is 206. The maximum Gasteiger partial charge on any atom is 0.390 e. The van der Waals surface area contributed by atoms with Crippen molar-refractivity contribution in [3.05, 3.63) is 0 Å². The van der Waals surface area contributed by atoms with Crippen molar-refractivity contribution >= 4 is 0 Å². The van der Waals surface area contributed by atoms with Crippen molar-refractivity contribution in [3.8, 4) is 0 Å². The Kier molecular flexibility index (Phi) is 5.05. The highest BCUT2D eigenvalue weighted by Crippen LogP contribution is 2.21. The molecule has 16 heavy (non-hydrogen) atoms. The van der Waals surface area contributed by atoms with Crippen molar-refractivity contribution < 1.29 is 13.2 Å². The third-order valence-electron chi connectivity index (χ3n) is 3.08. The minimum Gasteiger partial charge on any atom is -0.314 e. The summed E-state index contributed by atoms with van der Waals surface area (Å²) in [5.74, 6) is 0.537. The Balaban J connectivity index is 2.20. The van der Waals surface area contributed by atoms with E-state index in [0.717, 1.165) is 25.9 Å². The summed E-state index contributed by atoms with van der Waals surface area (Å²) in [6.45, 7) is 4.00. The minimum absolute atomic E-state index is 0.113. The molecule has 1 N–H and O–H groups in total. The first kappa shape index (κ1) is 13.8. The Hall–Kier alpha value is -0.290. The number of nitrogens with one attached hydrogen (secondary N) is 1. The molecule has 0 radical (unpaired) electrons. The molecule has 1 aliphatic rings. The summed E-state index contributed by atoms with van der Waals surface area (Å²) >= 11 is 0. The standard InChI is InChI=1S/C11H21F3N2/c1-9-7-10(3-5-15-9)8-16(2)6-4-11(12,13)14/h9-10,15H,3-8H2,1-2H3. The molecule has 2 atom stereocenters. The molecule has 2 nitrogen and oxygen atoms in total. The lowest BCUT2D eigenvalue weighted by atomic mass is 9.93. The van der Waals surface area contributed by atoms with Gasteiger partial charge in [0.2, 0.25) is 0 Å². The molecule has 0 amide bonds. The zero-order valence-electron chi connectivity index (χ0n) is 9.98. The van der Waals surface area contributed by atoms with Gasteiger partial charge < -0.3 is 10.2 Å². The van der Waals surface area contributed by atoms with Gasteiger partial charge in [0.05, 0.1) is 6.42 Å². The van der Waals surface area contributed by atoms with E-state index in [2.05, 4.69) is 12.2 Å². The van der Waals surface area contributed by atoms with Gasteiger partial charge in [-0.1, -0.05) is 0 Å². The van der Waals surface area contributed by atoms with Gasteiger partial charge in [0.15, 0.2) is 0 Å². The van der Waals surface area contributed by atoms with Crippen molar-refractivity contribution in [1.82, 2.24) is 10.2 Å². The molecule has 1 aliphatic heterocycles. The lowest BCUT2D eigenvalue weighted by Gasteiger charge is -2.31. The van der Waals surface area contributed by atoms with Crippen molar-refractivity contribution in [2.24, 2.45) is 5.92 Å². The van der Waals surface area contributed by atoms with Crippen molar-refractivity contribution in [2.75, 3.05) is 26.7 Å². The average molecular weight is 238 g/mol. The fourth-order valence-electron chi connectivity index (χ4n) is 2.25. The molecule has 1 heterocycles. The van der Waals surface area contributed by atoms with Crippen LogP contribution in [0.25, 0.3) is 0 Å². The first-order chi connectivity index (χ1) is 7.37. The largest absolute Gasteiger partial charge is 0.390 e. The summed E-state index contributed by atoms with van der Waals surface area (Å²) in [5.41, 5.74) is 0. The van der Waals surface area contributed by atoms with E-state index < -0.39 is 12.6 Å². The van der Waals surface area contributed by atoms with E-state index in [1.54, 1.807) is 11.9 Å². The topological polar surface area (TPSA) is 15.3 Å². The van der Waals surface area contributed by atoms with Gasteiger partial charge in [-0.25, -0.2) is 0 Å². The number of piperidine rings is 1. The maximum atomic E-state index is 12.0. The molecule has 2 unspecified atom stereocenters. The minimum atomic E-state index is -4.03. The van der Waals surface area contributed by atoms with Gasteiger partial charge >= 0.3 is 6.18 Å². The summed E-state index contributed by atoms with van der Waals surface area (Å²) in [5, 5.41) is 3.34. The second-order valence-electron chi connectivity index (χ2n) is 4.87. The number of hydrogen-bond acceptors (Lipinski definition) is 2. The first-order valence-corrected chi connectivity index (χ1v) is 5.85. The Morgan fingerprint density at radius 1 is 1.38 bits per heavy atom. The fraction of sp³-hybridized carbons (Fsp3) is 1.00. The smallest absolute Gasteiger partial charge is 0.314 e. The first-order valence-electron chi connectivity index (χ1n) is 5.85. The van der Waals surface area contributed by atoms with Gasteiger partial charge in [-0.15, -0.1) is 0 Å². The van der Waals surface area contributed by atoms with E-state index >= 15 is 0 Å². The number of rotatable bonds is 4. The van der Waals surface area contributed by atoms with Crippen LogP contribution in [-0.2, 0) is 0 Å². The van der Waals surface area contributed by atoms with Crippen LogP contribution in [0.15, 0.2) is 0 Å². The zero-order chi connectivity index (χ0) is 12.2. The van der Waals surface area contributed by atoms with Gasteiger partial charge in [0, 0.05) is 19.1 Å². The molecule has 0 spiro atoms. The number of nitrogens with zero attached hydrogens (tertiary/aromatic N) is 1. The third-order valence-corrected chi connectivity index (χ3v) is 3.08. The monoisotopic (exact) mass is 238 g/mol. The molecule has 5 heteroatoms. The normalized spacial score (nSPS) is 27.4. The molecule has 0 aromatic carbocycles. The Morgan fingerprint density at radius 2 is 2.06 bits per heavy atom. The lowest BCUT2D eigenvalue weighted by Crippen LogP contribution is -2.40. The van der Waals surface area contributed by atoms with E-state index in [-0.39, 0.29) is 6.54 Å². The third kappa shape index (κ3) is 5.70. The van der Waals surface area contributed by atoms with Gasteiger partial charge in [0.25, 0.3) is 0 Å². The van der Waals surface area contributed by atoms with Crippen LogP contribution >= 0.6 is 0 Å². The molecule has 0 bridgehead atoms. The Morgan fingerprint density at radius 3 is 2.62 bits per heavy atom. The van der Waals surface area contributed by atoms with Gasteiger partial charge in [-0.3, -0.25) is 0 Å². The maximum absolute atomic E-state index is 12.0. The predicted octanol–water partition coefficient (Wildman–Crippen LogP) is 2.26. The van der Waals surface area contributed by atoms with Crippen LogP contribution in [-0.4, -0.2) is 43.8 Å². The second kappa shape index (κ2) is 5.87. The molecule has 1 rings (SSSR count). The molecule has 1 saturated heterocycles. The van der Waals surface area contributed by atoms with E-state index in [1.807, 2.05) is 0 Å². The molecule has 0 aromatic rings. The van der Waals surface area contributed by atoms with E-state index in [4.69, 9.17) is 0 Å². The number of alkyl halides is 3. The summed E-state index contributed by atoms with van der Waals surface area (Å²) in [6, 6.07) is 0.495. The van der Waals surface area contributed by atoms with Crippen LogP contribution in [0, 0.1) is 5.92 Å². The van der Waals surface area contributed by atoms with Crippen LogP contribution in [0.2, 0.25) is 0 Å². The van der Waals surface area contributed by atoms with Crippen LogP contribution in [0.5, 0.6) is 0 Å². The average Bonchev–Trinajstić information content (AvgIpc) is 2.14. The van der Waals surface area contributed by atoms with Gasteiger partial charge in [-0.05, 0) is 39.3 Å². The highest BCUT2D eigenvalue weighted by atomic mass is 19.4. The predicted molar refractivity (Wildman–Crippen MR) is 58.4 cm³/mol. The highest BCUT2D eigenvalue weighted by Gasteiger charge is 2.28. The molecule has 0 saturated carbocycles. The quantitative estimate of drug-likeness (QED) is 0.808. The molecule has 96 valence electrons. The molecular weight excluding hydrogens is 217 g/mol. The lowest BCUT2D eigenvalue weighted by molar-refractivity contribution is -0.137. The van der Waals surface area contributed by atoms with Crippen molar-refractivity contribution in [3.63, 3.8) is 0 Å². The van der Waals surface area contributed by atoms with Crippen LogP contribution < -0.4 is 5.32 Å². The molecular formula is C11H21F3N2. The van der Waals surface area contributed by atoms with E-state index in [9.17, 15) is 13.2 Å². The van der Waals surface area contributed by atoms with Gasteiger partial charge in [0.1, 0.15) is 0 Å². The molecule has 0 aromatic heterocycles. The molecule has 0 aliphatic carbocycles. The van der Waals surface area contributed by atoms with Gasteiger partial charge in [-0.2, -0.15) is 13.2 Å². The summed E-state index contributed by atoms with van der Waals surface area (Å²) in [6.07, 6.45) is -2.60. The number of halogens is 3. The van der Waals surface area contributed by atoms with E-state index in [0.29, 0.717) is 12.0 Å². The van der Waals surface area contributed by atoms with Crippen molar-refractivity contribution in [2.45, 2.75) is 38.4 Å². The van der Waals surface area contributed by atoms with Crippen LogP contribution in [0.1, 0.15) is 26.2 Å². The Labute approximate surface area is 95.2 Å². The summed E-state index contributed by atoms with van der Waals surface area (Å²) < 4.78 is 36.1. The number of hydrogen-bond donors (Lipinski definition) is 1. The second-order valence-corrected chi connectivity index (χ2v) is 4.87. The molecule has 1 fully saturated rings. The fourth-order valence-corrected chi connectivity index (χ4v) is 2.25. The van der Waals surface area contributed by atoms with Crippen LogP contribution in [0.3, 0.4) is 0 Å². The van der Waals surface area contributed by atoms with Crippen LogP contribution in [0.4, 0.5) is 13.2 Å². The highest BCUT2D eigenvalue weighted by molar-refractivity contribution is 4.77. The van der Waals surface area contributed by atoms with Crippen molar-refractivity contribution in [1.29, 1.82) is 0 Å². The SMILES string of the molecule is CC1CC(CN(C)CCC(F)(F)F)CCN1.